The van der Waals surface area contributed by atoms with Crippen LogP contribution in [-0.4, -0.2) is 64.3 Å². The van der Waals surface area contributed by atoms with Gasteiger partial charge in [-0.15, -0.1) is 0 Å². The number of piperidine rings is 2. The summed E-state index contributed by atoms with van der Waals surface area (Å²) in [7, 11) is 0. The lowest BCUT2D eigenvalue weighted by Gasteiger charge is -2.35. The smallest absolute Gasteiger partial charge is 0.236 e. The van der Waals surface area contributed by atoms with Crippen LogP contribution in [0.4, 0.5) is 0 Å². The number of nitrogens with two attached hydrogens (primary N) is 1. The maximum atomic E-state index is 12.7. The highest BCUT2D eigenvalue weighted by molar-refractivity contribution is 5.80. The lowest BCUT2D eigenvalue weighted by Crippen LogP contribution is -2.47. The molecular weight excluding hydrogens is 378 g/mol. The molecule has 0 saturated carbocycles. The van der Waals surface area contributed by atoms with Crippen LogP contribution >= 0.6 is 0 Å². The number of nitrogens with zero attached hydrogens (tertiary/aromatic N) is 4. The van der Waals surface area contributed by atoms with E-state index in [0.29, 0.717) is 38.4 Å². The molecule has 7 heteroatoms. The Labute approximate surface area is 177 Å². The van der Waals surface area contributed by atoms with Crippen molar-refractivity contribution in [3.8, 4) is 11.3 Å². The zero-order chi connectivity index (χ0) is 20.9. The summed E-state index contributed by atoms with van der Waals surface area (Å²) in [6.07, 6.45) is 7.18. The van der Waals surface area contributed by atoms with Crippen molar-refractivity contribution < 1.29 is 9.59 Å². The van der Waals surface area contributed by atoms with Crippen molar-refractivity contribution in [3.05, 3.63) is 48.4 Å². The Morgan fingerprint density at radius 3 is 2.53 bits per heavy atom. The second kappa shape index (κ2) is 9.34. The molecule has 7 nitrogen and oxygen atoms in total. The number of carbonyl (C=O) groups is 2. The monoisotopic (exact) mass is 407 g/mol. The lowest BCUT2D eigenvalue weighted by atomic mass is 9.93. The lowest BCUT2D eigenvalue weighted by molar-refractivity contribution is -0.136. The Morgan fingerprint density at radius 1 is 1.03 bits per heavy atom. The Morgan fingerprint density at radius 2 is 1.87 bits per heavy atom. The first-order valence-electron chi connectivity index (χ1n) is 10.8. The van der Waals surface area contributed by atoms with Gasteiger partial charge in [-0.25, -0.2) is 0 Å². The third kappa shape index (κ3) is 4.84. The van der Waals surface area contributed by atoms with E-state index in [-0.39, 0.29) is 17.7 Å². The molecule has 30 heavy (non-hydrogen) atoms. The van der Waals surface area contributed by atoms with Crippen molar-refractivity contribution in [2.45, 2.75) is 31.6 Å². The quantitative estimate of drug-likeness (QED) is 0.819. The standard InChI is InChI=1S/C23H29N5O2/c24-23(30)17-8-12-28(13-9-17)22(29)16-27-11-3-4-19(15-27)21-7-6-18(14-26-21)20-5-1-2-10-25-20/h1-2,5-7,10,14,17,19H,3-4,8-9,11-13,15-16H2,(H2,24,30)/t19-/m1/s1. The third-order valence-corrected chi connectivity index (χ3v) is 6.28. The van der Waals surface area contributed by atoms with E-state index in [1.165, 1.54) is 0 Å². The van der Waals surface area contributed by atoms with E-state index in [4.69, 9.17) is 10.7 Å². The molecular formula is C23H29N5O2. The topological polar surface area (TPSA) is 92.4 Å². The first-order chi connectivity index (χ1) is 14.6. The maximum absolute atomic E-state index is 12.7. The zero-order valence-electron chi connectivity index (χ0n) is 17.2. The molecule has 2 aliphatic rings. The molecule has 0 bridgehead atoms. The SMILES string of the molecule is NC(=O)C1CCN(C(=O)CN2CCC[C@@H](c3ccc(-c4ccccn4)cn3)C2)CC1. The van der Waals surface area contributed by atoms with Crippen molar-refractivity contribution in [2.75, 3.05) is 32.7 Å². The predicted octanol–water partition coefficient (Wildman–Crippen LogP) is 2.05. The number of carbonyl (C=O) groups excluding carboxylic acids is 2. The van der Waals surface area contributed by atoms with Gasteiger partial charge >= 0.3 is 0 Å². The molecule has 4 rings (SSSR count). The highest BCUT2D eigenvalue weighted by atomic mass is 16.2. The molecule has 158 valence electrons. The van der Waals surface area contributed by atoms with Gasteiger partial charge in [0.2, 0.25) is 11.8 Å². The molecule has 2 amide bonds. The Balaban J connectivity index is 1.32. The number of rotatable bonds is 5. The van der Waals surface area contributed by atoms with E-state index in [9.17, 15) is 9.59 Å². The number of aromatic nitrogens is 2. The number of pyridine rings is 2. The molecule has 4 heterocycles. The Kier molecular flexibility index (Phi) is 6.38. The number of amides is 2. The zero-order valence-corrected chi connectivity index (χ0v) is 17.2. The molecule has 2 aromatic heterocycles. The summed E-state index contributed by atoms with van der Waals surface area (Å²) in [5.41, 5.74) is 8.41. The van der Waals surface area contributed by atoms with Crippen LogP contribution in [0, 0.1) is 5.92 Å². The largest absolute Gasteiger partial charge is 0.369 e. The van der Waals surface area contributed by atoms with Crippen LogP contribution in [0.25, 0.3) is 11.3 Å². The second-order valence-electron chi connectivity index (χ2n) is 8.32. The normalized spacial score (nSPS) is 20.8. The minimum absolute atomic E-state index is 0.0893. The minimum Gasteiger partial charge on any atom is -0.369 e. The van der Waals surface area contributed by atoms with E-state index in [1.54, 1.807) is 6.20 Å². The van der Waals surface area contributed by atoms with Gasteiger partial charge in [-0.05, 0) is 56.5 Å². The fourth-order valence-corrected chi connectivity index (χ4v) is 4.48. The van der Waals surface area contributed by atoms with Crippen molar-refractivity contribution in [2.24, 2.45) is 11.7 Å². The van der Waals surface area contributed by atoms with E-state index in [2.05, 4.69) is 22.0 Å². The molecule has 1 atom stereocenters. The fraction of sp³-hybridized carbons (Fsp3) is 0.478. The Hall–Kier alpha value is -2.80. The van der Waals surface area contributed by atoms with Crippen LogP contribution in [0.3, 0.4) is 0 Å². The summed E-state index contributed by atoms with van der Waals surface area (Å²) in [4.78, 5) is 37.3. The van der Waals surface area contributed by atoms with Gasteiger partial charge in [0.15, 0.2) is 0 Å². The average Bonchev–Trinajstić information content (AvgIpc) is 2.80. The molecule has 0 radical (unpaired) electrons. The van der Waals surface area contributed by atoms with Crippen LogP contribution < -0.4 is 5.73 Å². The molecule has 2 aromatic rings. The van der Waals surface area contributed by atoms with E-state index in [1.807, 2.05) is 29.3 Å². The van der Waals surface area contributed by atoms with Crippen molar-refractivity contribution >= 4 is 11.8 Å². The summed E-state index contributed by atoms with van der Waals surface area (Å²) in [6.45, 7) is 3.47. The van der Waals surface area contributed by atoms with Gasteiger partial charge in [0, 0.05) is 55.1 Å². The summed E-state index contributed by atoms with van der Waals surface area (Å²) < 4.78 is 0. The van der Waals surface area contributed by atoms with Crippen LogP contribution in [0.2, 0.25) is 0 Å². The molecule has 0 unspecified atom stereocenters. The van der Waals surface area contributed by atoms with Crippen molar-refractivity contribution in [1.29, 1.82) is 0 Å². The number of hydrogen-bond acceptors (Lipinski definition) is 5. The molecule has 0 spiro atoms. The highest BCUT2D eigenvalue weighted by Crippen LogP contribution is 2.27. The number of primary amides is 1. The van der Waals surface area contributed by atoms with Crippen molar-refractivity contribution in [3.63, 3.8) is 0 Å². The highest BCUT2D eigenvalue weighted by Gasteiger charge is 2.29. The van der Waals surface area contributed by atoms with Gasteiger partial charge in [0.05, 0.1) is 12.2 Å². The summed E-state index contributed by atoms with van der Waals surface area (Å²) in [5.74, 6) is 0.151. The summed E-state index contributed by atoms with van der Waals surface area (Å²) in [5, 5.41) is 0. The van der Waals surface area contributed by atoms with Crippen LogP contribution in [0.1, 0.15) is 37.3 Å². The van der Waals surface area contributed by atoms with E-state index >= 15 is 0 Å². The van der Waals surface area contributed by atoms with Gasteiger partial charge < -0.3 is 10.6 Å². The molecule has 0 aliphatic carbocycles. The maximum Gasteiger partial charge on any atom is 0.236 e. The van der Waals surface area contributed by atoms with Crippen LogP contribution in [-0.2, 0) is 9.59 Å². The molecule has 0 aromatic carbocycles. The first kappa shape index (κ1) is 20.5. The van der Waals surface area contributed by atoms with E-state index in [0.717, 1.165) is 42.9 Å². The van der Waals surface area contributed by atoms with Crippen LogP contribution in [0.15, 0.2) is 42.7 Å². The first-order valence-corrected chi connectivity index (χ1v) is 10.8. The Bertz CT molecular complexity index is 863. The number of hydrogen-bond donors (Lipinski definition) is 1. The molecule has 2 saturated heterocycles. The van der Waals surface area contributed by atoms with E-state index < -0.39 is 0 Å². The van der Waals surface area contributed by atoms with Crippen molar-refractivity contribution in [1.82, 2.24) is 19.8 Å². The van der Waals surface area contributed by atoms with Crippen LogP contribution in [0.5, 0.6) is 0 Å². The molecule has 2 aliphatic heterocycles. The molecule has 2 N–H and O–H groups in total. The fourth-order valence-electron chi connectivity index (χ4n) is 4.48. The minimum atomic E-state index is -0.248. The molecule has 2 fully saturated rings. The third-order valence-electron chi connectivity index (χ3n) is 6.28. The van der Waals surface area contributed by atoms with Gasteiger partial charge in [-0.2, -0.15) is 0 Å². The summed E-state index contributed by atoms with van der Waals surface area (Å²) in [6, 6.07) is 10.0. The van der Waals surface area contributed by atoms with Gasteiger partial charge in [-0.1, -0.05) is 6.07 Å². The second-order valence-corrected chi connectivity index (χ2v) is 8.32. The van der Waals surface area contributed by atoms with Gasteiger partial charge in [-0.3, -0.25) is 24.5 Å². The average molecular weight is 408 g/mol. The number of likely N-dealkylation sites (tertiary alicyclic amines) is 2. The van der Waals surface area contributed by atoms with Gasteiger partial charge in [0.25, 0.3) is 0 Å². The predicted molar refractivity (Wildman–Crippen MR) is 114 cm³/mol. The summed E-state index contributed by atoms with van der Waals surface area (Å²) >= 11 is 0. The van der Waals surface area contributed by atoms with Gasteiger partial charge in [0.1, 0.15) is 0 Å².